The van der Waals surface area contributed by atoms with E-state index in [0.717, 1.165) is 25.8 Å². The van der Waals surface area contributed by atoms with Gasteiger partial charge in [0.2, 0.25) is 15.9 Å². The smallest absolute Gasteiger partial charge is 0.225 e. The van der Waals surface area contributed by atoms with E-state index < -0.39 is 10.0 Å². The lowest BCUT2D eigenvalue weighted by Crippen LogP contribution is -2.45. The molecule has 1 saturated heterocycles. The molecule has 0 saturated carbocycles. The number of nitrogens with one attached hydrogen (secondary N) is 1. The van der Waals surface area contributed by atoms with Gasteiger partial charge in [-0.05, 0) is 36.6 Å². The Morgan fingerprint density at radius 2 is 2.32 bits per heavy atom. The predicted octanol–water partition coefficient (Wildman–Crippen LogP) is 1.71. The van der Waals surface area contributed by atoms with Crippen LogP contribution in [0.3, 0.4) is 0 Å². The molecule has 7 heteroatoms. The molecule has 0 bridgehead atoms. The van der Waals surface area contributed by atoms with E-state index in [9.17, 15) is 13.2 Å². The molecule has 1 fully saturated rings. The van der Waals surface area contributed by atoms with Crippen molar-refractivity contribution in [2.75, 3.05) is 25.9 Å². The number of rotatable bonds is 6. The zero-order valence-corrected chi connectivity index (χ0v) is 14.8. The molecule has 22 heavy (non-hydrogen) atoms. The molecule has 5 nitrogen and oxygen atoms in total. The van der Waals surface area contributed by atoms with Gasteiger partial charge in [-0.2, -0.15) is 0 Å². The van der Waals surface area contributed by atoms with Gasteiger partial charge < -0.3 is 4.90 Å². The van der Waals surface area contributed by atoms with Crippen LogP contribution < -0.4 is 4.72 Å². The van der Waals surface area contributed by atoms with Gasteiger partial charge in [0, 0.05) is 30.4 Å². The third kappa shape index (κ3) is 5.37. The first-order chi connectivity index (χ1) is 10.3. The average molecular weight is 345 g/mol. The van der Waals surface area contributed by atoms with Crippen LogP contribution in [0.2, 0.25) is 0 Å². The first kappa shape index (κ1) is 17.4. The normalized spacial score (nSPS) is 20.8. The molecule has 1 aliphatic rings. The van der Waals surface area contributed by atoms with Crippen molar-refractivity contribution >= 4 is 27.3 Å². The molecule has 1 aromatic heterocycles. The highest BCUT2D eigenvalue weighted by molar-refractivity contribution is 7.88. The van der Waals surface area contributed by atoms with Crippen molar-refractivity contribution in [3.8, 4) is 0 Å². The fraction of sp³-hybridized carbons (Fsp3) is 0.667. The number of carbonyl (C=O) groups excluding carboxylic acids is 1. The Kier molecular flexibility index (Phi) is 6.00. The zero-order chi connectivity index (χ0) is 16.2. The van der Waals surface area contributed by atoms with Crippen molar-refractivity contribution < 1.29 is 13.2 Å². The fourth-order valence-corrected chi connectivity index (χ4v) is 4.20. The van der Waals surface area contributed by atoms with Gasteiger partial charge in [-0.15, -0.1) is 11.3 Å². The second kappa shape index (κ2) is 7.57. The van der Waals surface area contributed by atoms with Crippen LogP contribution in [0, 0.1) is 11.8 Å². The fourth-order valence-electron chi connectivity index (χ4n) is 2.83. The number of sulfonamides is 1. The monoisotopic (exact) mass is 344 g/mol. The van der Waals surface area contributed by atoms with Crippen LogP contribution in [0.15, 0.2) is 17.5 Å². The van der Waals surface area contributed by atoms with E-state index >= 15 is 0 Å². The lowest BCUT2D eigenvalue weighted by molar-refractivity contribution is -0.136. The summed E-state index contributed by atoms with van der Waals surface area (Å²) in [4.78, 5) is 15.7. The van der Waals surface area contributed by atoms with Gasteiger partial charge >= 0.3 is 0 Å². The third-order valence-corrected chi connectivity index (χ3v) is 5.56. The quantitative estimate of drug-likeness (QED) is 0.854. The maximum absolute atomic E-state index is 12.6. The van der Waals surface area contributed by atoms with Crippen molar-refractivity contribution in [3.63, 3.8) is 0 Å². The molecule has 1 amide bonds. The van der Waals surface area contributed by atoms with Crippen LogP contribution in [0.25, 0.3) is 0 Å². The summed E-state index contributed by atoms with van der Waals surface area (Å²) < 4.78 is 24.9. The second-order valence-electron chi connectivity index (χ2n) is 6.10. The van der Waals surface area contributed by atoms with E-state index in [2.05, 4.69) is 10.8 Å². The number of hydrogen-bond donors (Lipinski definition) is 1. The molecule has 0 unspecified atom stereocenters. The summed E-state index contributed by atoms with van der Waals surface area (Å²) in [6.07, 6.45) is 3.85. The molecule has 1 N–H and O–H groups in total. The number of likely N-dealkylation sites (tertiary alicyclic amines) is 1. The Morgan fingerprint density at radius 3 is 2.95 bits per heavy atom. The van der Waals surface area contributed by atoms with Crippen LogP contribution in [0.5, 0.6) is 0 Å². The lowest BCUT2D eigenvalue weighted by Gasteiger charge is -2.34. The first-order valence-electron chi connectivity index (χ1n) is 7.61. The van der Waals surface area contributed by atoms with Crippen molar-refractivity contribution in [2.24, 2.45) is 11.8 Å². The Bertz CT molecular complexity index is 584. The Labute approximate surface area is 136 Å². The highest BCUT2D eigenvalue weighted by Gasteiger charge is 2.27. The van der Waals surface area contributed by atoms with E-state index in [1.54, 1.807) is 11.3 Å². The van der Waals surface area contributed by atoms with E-state index in [-0.39, 0.29) is 17.7 Å². The maximum atomic E-state index is 12.6. The summed E-state index contributed by atoms with van der Waals surface area (Å²) >= 11 is 1.68. The largest absolute Gasteiger partial charge is 0.342 e. The van der Waals surface area contributed by atoms with Crippen LogP contribution >= 0.6 is 11.3 Å². The highest BCUT2D eigenvalue weighted by atomic mass is 32.2. The minimum atomic E-state index is -3.16. The zero-order valence-electron chi connectivity index (χ0n) is 13.1. The van der Waals surface area contributed by atoms with Gasteiger partial charge in [-0.3, -0.25) is 4.79 Å². The average Bonchev–Trinajstić information content (AvgIpc) is 2.97. The Morgan fingerprint density at radius 1 is 1.55 bits per heavy atom. The van der Waals surface area contributed by atoms with Crippen molar-refractivity contribution in [3.05, 3.63) is 22.4 Å². The molecule has 0 radical (unpaired) electrons. The minimum absolute atomic E-state index is 0.0275. The topological polar surface area (TPSA) is 66.5 Å². The van der Waals surface area contributed by atoms with E-state index in [1.165, 1.54) is 11.1 Å². The molecular weight excluding hydrogens is 320 g/mol. The third-order valence-electron chi connectivity index (χ3n) is 3.97. The first-order valence-corrected chi connectivity index (χ1v) is 10.4. The van der Waals surface area contributed by atoms with Gasteiger partial charge in [0.1, 0.15) is 0 Å². The number of piperidine rings is 1. The van der Waals surface area contributed by atoms with Gasteiger partial charge in [0.05, 0.1) is 6.26 Å². The summed E-state index contributed by atoms with van der Waals surface area (Å²) in [7, 11) is -3.16. The van der Waals surface area contributed by atoms with Gasteiger partial charge in [-0.25, -0.2) is 13.1 Å². The number of hydrogen-bond acceptors (Lipinski definition) is 4. The Balaban J connectivity index is 1.86. The van der Waals surface area contributed by atoms with Gasteiger partial charge in [0.25, 0.3) is 0 Å². The molecule has 1 aromatic rings. The predicted molar refractivity (Wildman–Crippen MR) is 89.3 cm³/mol. The van der Waals surface area contributed by atoms with Crippen LogP contribution in [0.4, 0.5) is 0 Å². The summed E-state index contributed by atoms with van der Waals surface area (Å²) in [6.45, 7) is 3.82. The van der Waals surface area contributed by atoms with E-state index in [0.29, 0.717) is 13.1 Å². The van der Waals surface area contributed by atoms with Crippen molar-refractivity contribution in [1.29, 1.82) is 0 Å². The lowest BCUT2D eigenvalue weighted by atomic mass is 9.96. The van der Waals surface area contributed by atoms with Crippen molar-refractivity contribution in [2.45, 2.75) is 26.2 Å². The highest BCUT2D eigenvalue weighted by Crippen LogP contribution is 2.21. The summed E-state index contributed by atoms with van der Waals surface area (Å²) in [5, 5.41) is 2.03. The number of nitrogens with zero attached hydrogens (tertiary/aromatic N) is 1. The number of amides is 1. The Hall–Kier alpha value is -0.920. The molecule has 124 valence electrons. The molecule has 0 aromatic carbocycles. The number of thiophene rings is 1. The SMILES string of the molecule is C[C@H](Cc1cccs1)C(=O)N1CCC[C@H](CNS(C)(=O)=O)C1. The molecule has 2 heterocycles. The van der Waals surface area contributed by atoms with Crippen LogP contribution in [-0.4, -0.2) is 45.1 Å². The van der Waals surface area contributed by atoms with E-state index in [4.69, 9.17) is 0 Å². The van der Waals surface area contributed by atoms with Gasteiger partial charge in [0.15, 0.2) is 0 Å². The summed E-state index contributed by atoms with van der Waals surface area (Å²) in [5.41, 5.74) is 0. The van der Waals surface area contributed by atoms with E-state index in [1.807, 2.05) is 23.3 Å². The standard InChI is InChI=1S/C15H24N2O3S2/c1-12(9-14-6-4-8-21-14)15(18)17-7-3-5-13(11-17)10-16-22(2,19)20/h4,6,8,12-13,16H,3,5,7,9-11H2,1-2H3/t12-,13-/m1/s1. The molecular formula is C15H24N2O3S2. The maximum Gasteiger partial charge on any atom is 0.225 e. The summed E-state index contributed by atoms with van der Waals surface area (Å²) in [6, 6.07) is 4.06. The molecule has 2 atom stereocenters. The molecule has 2 rings (SSSR count). The molecule has 0 spiro atoms. The van der Waals surface area contributed by atoms with Crippen LogP contribution in [0.1, 0.15) is 24.6 Å². The molecule has 0 aliphatic carbocycles. The van der Waals surface area contributed by atoms with Gasteiger partial charge in [-0.1, -0.05) is 13.0 Å². The summed E-state index contributed by atoms with van der Waals surface area (Å²) in [5.74, 6) is 0.360. The van der Waals surface area contributed by atoms with Crippen LogP contribution in [-0.2, 0) is 21.2 Å². The second-order valence-corrected chi connectivity index (χ2v) is 8.96. The molecule has 1 aliphatic heterocycles. The number of carbonyl (C=O) groups is 1. The van der Waals surface area contributed by atoms with Crippen molar-refractivity contribution in [1.82, 2.24) is 9.62 Å². The minimum Gasteiger partial charge on any atom is -0.342 e.